The fraction of sp³-hybridized carbons (Fsp3) is 0.364. The van der Waals surface area contributed by atoms with Gasteiger partial charge >= 0.3 is 0 Å². The summed E-state index contributed by atoms with van der Waals surface area (Å²) in [6, 6.07) is 4.39. The first kappa shape index (κ1) is 26.2. The summed E-state index contributed by atoms with van der Waals surface area (Å²) in [5.74, 6) is -0.522. The number of carbonyl (C=O) groups excluding carboxylic acids is 1. The van der Waals surface area contributed by atoms with Gasteiger partial charge in [-0.2, -0.15) is 0 Å². The van der Waals surface area contributed by atoms with Gasteiger partial charge in [-0.25, -0.2) is 8.42 Å². The summed E-state index contributed by atoms with van der Waals surface area (Å²) in [6.07, 6.45) is 0. The van der Waals surface area contributed by atoms with Crippen LogP contribution < -0.4 is 0 Å². The molecule has 25 heavy (non-hydrogen) atoms. The number of benzene rings is 1. The predicted octanol–water partition coefficient (Wildman–Crippen LogP) is 7.59. The zero-order valence-electron chi connectivity index (χ0n) is 11.4. The molecule has 0 N–H and O–H groups in total. The maximum absolute atomic E-state index is 12.9. The molecule has 0 amide bonds. The van der Waals surface area contributed by atoms with Crippen LogP contribution in [0.4, 0.5) is 0 Å². The Morgan fingerprint density at radius 3 is 1.88 bits per heavy atom. The molecule has 0 bridgehead atoms. The van der Waals surface area contributed by atoms with E-state index in [0.29, 0.717) is 5.56 Å². The molecule has 142 valence electrons. The van der Waals surface area contributed by atoms with E-state index >= 15 is 0 Å². The van der Waals surface area contributed by atoms with Crippen LogP contribution in [0.1, 0.15) is 15.9 Å². The van der Waals surface area contributed by atoms with Gasteiger partial charge in [-0.1, -0.05) is 53.9 Å². The molecular weight excluding hydrogens is 947 g/mol. The highest BCUT2D eigenvalue weighted by atomic mass is 80.0. The molecule has 0 radical (unpaired) electrons. The van der Waals surface area contributed by atoms with Gasteiger partial charge in [0.25, 0.3) is 0 Å². The van der Waals surface area contributed by atoms with E-state index in [0.717, 1.165) is 0 Å². The van der Waals surface area contributed by atoms with E-state index < -0.39 is 21.6 Å². The van der Waals surface area contributed by atoms with E-state index in [-0.39, 0.29) is 17.1 Å². The Labute approximate surface area is 220 Å². The number of hydrogen-bond donors (Lipinski definition) is 0. The molecule has 1 aromatic carbocycles. The second kappa shape index (κ2) is 9.51. The van der Waals surface area contributed by atoms with E-state index in [1.54, 1.807) is 6.07 Å². The van der Waals surface area contributed by atoms with Crippen molar-refractivity contribution in [1.29, 1.82) is 0 Å². The molecule has 0 spiro atoms. The predicted molar refractivity (Wildman–Crippen MR) is 131 cm³/mol. The van der Waals surface area contributed by atoms with Crippen LogP contribution in [0, 0.1) is 0 Å². The Hall–Kier alpha value is 3.12. The molecule has 0 heterocycles. The van der Waals surface area contributed by atoms with Crippen LogP contribution in [-0.4, -0.2) is 20.1 Å². The Morgan fingerprint density at radius 2 is 1.48 bits per heavy atom. The average Bonchev–Trinajstić information content (AvgIpc) is 2.41. The molecule has 0 aliphatic carbocycles. The molecule has 0 aromatic heterocycles. The van der Waals surface area contributed by atoms with Crippen molar-refractivity contribution in [3.63, 3.8) is 0 Å². The third kappa shape index (κ3) is 7.71. The lowest BCUT2D eigenvalue weighted by atomic mass is 10.1. The first-order valence-corrected chi connectivity index (χ1v) is 14.4. The van der Waals surface area contributed by atoms with Crippen molar-refractivity contribution in [2.24, 2.45) is 0 Å². The number of ketones is 1. The number of rotatable bonds is 4. The summed E-state index contributed by atoms with van der Waals surface area (Å²) in [5, 5.41) is 0. The Morgan fingerprint density at radius 1 is 0.960 bits per heavy atom. The molecule has 0 aliphatic heterocycles. The lowest BCUT2D eigenvalue weighted by Gasteiger charge is -2.20. The number of alkyl halides is 9. The second-order valence-electron chi connectivity index (χ2n) is 4.34. The van der Waals surface area contributed by atoms with E-state index in [9.17, 15) is 13.2 Å². The van der Waals surface area contributed by atoms with E-state index in [1.165, 1.54) is 12.1 Å². The molecule has 0 atom stereocenters. The van der Waals surface area contributed by atoms with Gasteiger partial charge in [0.05, 0.1) is 11.5 Å². The summed E-state index contributed by atoms with van der Waals surface area (Å²) in [4.78, 5) is 12.4. The van der Waals surface area contributed by atoms with Crippen molar-refractivity contribution in [3.05, 3.63) is 29.3 Å². The van der Waals surface area contributed by atoms with Gasteiger partial charge in [-0.05, 0) is 113 Å². The SMILES string of the molecule is O=C(c1ccc(COC(Br)(Br)Br)cc1S(=O)(=O)C(Br)(Br)Br)C(Br)(Br)Br. The monoisotopic (exact) mass is 943 g/mol. The van der Waals surface area contributed by atoms with Crippen LogP contribution in [0.3, 0.4) is 0 Å². The van der Waals surface area contributed by atoms with Crippen molar-refractivity contribution in [3.8, 4) is 0 Å². The molecular formula is C11H5Br9O4S. The van der Waals surface area contributed by atoms with Crippen molar-refractivity contribution in [2.75, 3.05) is 0 Å². The van der Waals surface area contributed by atoms with Crippen LogP contribution in [-0.2, 0) is 21.2 Å². The lowest BCUT2D eigenvalue weighted by Crippen LogP contribution is -2.25. The van der Waals surface area contributed by atoms with Gasteiger partial charge in [-0.15, -0.1) is 0 Å². The van der Waals surface area contributed by atoms with Gasteiger partial charge in [0.1, 0.15) is 0 Å². The van der Waals surface area contributed by atoms with E-state index in [2.05, 4.69) is 143 Å². The Bertz CT molecular complexity index is 759. The van der Waals surface area contributed by atoms with E-state index in [1.807, 2.05) is 0 Å². The standard InChI is InChI=1S/C11H5Br9O4S/c12-9(13,14)8(21)6-2-1-5(4-24-10(15,16)17)3-7(6)25(22,23)11(18,19)20/h1-3H,4H2. The van der Waals surface area contributed by atoms with Gasteiger partial charge in [0, 0.05) is 5.56 Å². The lowest BCUT2D eigenvalue weighted by molar-refractivity contribution is 0.100. The van der Waals surface area contributed by atoms with Crippen molar-refractivity contribution in [1.82, 2.24) is 0 Å². The largest absolute Gasteiger partial charge is 0.340 e. The van der Waals surface area contributed by atoms with Crippen LogP contribution in [0.5, 0.6) is 0 Å². The third-order valence-corrected chi connectivity index (χ3v) is 9.67. The van der Waals surface area contributed by atoms with Crippen LogP contribution in [0.2, 0.25) is 0 Å². The molecule has 0 aliphatic rings. The Balaban J connectivity index is 3.53. The highest BCUT2D eigenvalue weighted by molar-refractivity contribution is 9.42. The first-order chi connectivity index (χ1) is 11.0. The number of ether oxygens (including phenoxy) is 1. The zero-order valence-corrected chi connectivity index (χ0v) is 26.5. The quantitative estimate of drug-likeness (QED) is 0.231. The fourth-order valence-electron chi connectivity index (χ4n) is 1.51. The summed E-state index contributed by atoms with van der Waals surface area (Å²) in [7, 11) is -4.01. The Kier molecular flexibility index (Phi) is 9.94. The highest BCUT2D eigenvalue weighted by Crippen LogP contribution is 2.46. The first-order valence-electron chi connectivity index (χ1n) is 5.73. The molecule has 1 rings (SSSR count). The third-order valence-electron chi connectivity index (χ3n) is 2.54. The van der Waals surface area contributed by atoms with Crippen molar-refractivity contribution >= 4 is 159 Å². The van der Waals surface area contributed by atoms with Gasteiger partial charge in [-0.3, -0.25) is 4.79 Å². The molecule has 0 fully saturated rings. The summed E-state index contributed by atoms with van der Waals surface area (Å²) in [5.41, 5.74) is 0.527. The second-order valence-corrected chi connectivity index (χ2v) is 28.0. The van der Waals surface area contributed by atoms with E-state index in [4.69, 9.17) is 4.74 Å². The number of hydrogen-bond acceptors (Lipinski definition) is 4. The molecule has 4 nitrogen and oxygen atoms in total. The minimum absolute atomic E-state index is 0.0140. The van der Waals surface area contributed by atoms with Gasteiger partial charge in [0.2, 0.25) is 19.4 Å². The average molecular weight is 952 g/mol. The highest BCUT2D eigenvalue weighted by Gasteiger charge is 2.42. The van der Waals surface area contributed by atoms with Crippen molar-refractivity contribution < 1.29 is 17.9 Å². The minimum atomic E-state index is -4.01. The molecule has 14 heteroatoms. The van der Waals surface area contributed by atoms with Crippen molar-refractivity contribution in [2.45, 2.75) is 17.4 Å². The van der Waals surface area contributed by atoms with Crippen LogP contribution in [0.15, 0.2) is 23.1 Å². The van der Waals surface area contributed by atoms with Crippen LogP contribution in [0.25, 0.3) is 0 Å². The van der Waals surface area contributed by atoms with Gasteiger partial charge in [0.15, 0.2) is 2.14 Å². The number of carbonyl (C=O) groups is 1. The smallest absolute Gasteiger partial charge is 0.239 e. The fourth-order valence-corrected chi connectivity index (χ4v) is 5.07. The minimum Gasteiger partial charge on any atom is -0.340 e. The summed E-state index contributed by atoms with van der Waals surface area (Å²) >= 11 is 27.9. The summed E-state index contributed by atoms with van der Waals surface area (Å²) in [6.45, 7) is 0.0701. The zero-order chi connectivity index (χ0) is 19.8. The molecule has 0 unspecified atom stereocenters. The normalized spacial score (nSPS) is 13.8. The molecule has 1 aromatic rings. The topological polar surface area (TPSA) is 60.4 Å². The molecule has 0 saturated carbocycles. The van der Waals surface area contributed by atoms with Crippen LogP contribution >= 0.6 is 143 Å². The molecule has 0 saturated heterocycles. The maximum atomic E-state index is 12.9. The number of Topliss-reactive ketones (excluding diaryl/α,β-unsaturated/α-hetero) is 1. The number of sulfone groups is 1. The number of halogens is 9. The maximum Gasteiger partial charge on any atom is 0.239 e. The van der Waals surface area contributed by atoms with Gasteiger partial charge < -0.3 is 4.74 Å². The summed E-state index contributed by atoms with van der Waals surface area (Å²) < 4.78 is 27.3.